The first-order chi connectivity index (χ1) is 13.4. The average molecular weight is 382 g/mol. The number of hydrogen-bond acceptors (Lipinski definition) is 5. The molecule has 28 heavy (non-hydrogen) atoms. The van der Waals surface area contributed by atoms with Crippen LogP contribution < -0.4 is 10.6 Å². The van der Waals surface area contributed by atoms with Gasteiger partial charge in [-0.05, 0) is 37.6 Å². The maximum atomic E-state index is 11.9. The molecule has 0 unspecified atom stereocenters. The fourth-order valence-corrected chi connectivity index (χ4v) is 2.37. The minimum Gasteiger partial charge on any atom is -0.456 e. The van der Waals surface area contributed by atoms with Crippen molar-refractivity contribution < 1.29 is 23.9 Å². The Labute approximate surface area is 163 Å². The molecule has 0 aliphatic heterocycles. The summed E-state index contributed by atoms with van der Waals surface area (Å²) in [6.07, 6.45) is 0.437. The number of para-hydroxylation sites is 1. The number of ketones is 1. The number of hydrogen-bond donors (Lipinski definition) is 2. The molecule has 2 aromatic carbocycles. The number of ether oxygens (including phenoxy) is 1. The number of esters is 1. The standard InChI is InChI=1S/C21H22N2O5/c1-15(24)16-7-5-10-18(13-16)23-19(25)11-6-12-21(27)28-14-20(26)22-17-8-3-2-4-9-17/h2-5,7-10,13H,6,11-12,14H2,1H3,(H,22,26)(H,23,25). The van der Waals surface area contributed by atoms with Gasteiger partial charge in [0.05, 0.1) is 0 Å². The number of anilines is 2. The first kappa shape index (κ1) is 20.8. The van der Waals surface area contributed by atoms with Crippen molar-refractivity contribution in [3.63, 3.8) is 0 Å². The molecule has 2 amide bonds. The first-order valence-corrected chi connectivity index (χ1v) is 8.85. The van der Waals surface area contributed by atoms with Crippen LogP contribution in [0, 0.1) is 0 Å². The molecule has 7 nitrogen and oxygen atoms in total. The van der Waals surface area contributed by atoms with Crippen molar-refractivity contribution >= 4 is 34.9 Å². The highest BCUT2D eigenvalue weighted by Gasteiger charge is 2.10. The smallest absolute Gasteiger partial charge is 0.306 e. The van der Waals surface area contributed by atoms with E-state index in [0.29, 0.717) is 16.9 Å². The fourth-order valence-electron chi connectivity index (χ4n) is 2.37. The Morgan fingerprint density at radius 2 is 1.50 bits per heavy atom. The molecule has 2 aromatic rings. The zero-order chi connectivity index (χ0) is 20.4. The van der Waals surface area contributed by atoms with E-state index in [1.807, 2.05) is 6.07 Å². The normalized spacial score (nSPS) is 10.0. The van der Waals surface area contributed by atoms with E-state index < -0.39 is 11.9 Å². The van der Waals surface area contributed by atoms with Crippen LogP contribution in [-0.4, -0.2) is 30.2 Å². The molecule has 2 N–H and O–H groups in total. The lowest BCUT2D eigenvalue weighted by atomic mass is 10.1. The first-order valence-electron chi connectivity index (χ1n) is 8.85. The topological polar surface area (TPSA) is 102 Å². The second-order valence-electron chi connectivity index (χ2n) is 6.11. The Morgan fingerprint density at radius 3 is 2.21 bits per heavy atom. The summed E-state index contributed by atoms with van der Waals surface area (Å²) >= 11 is 0. The second-order valence-corrected chi connectivity index (χ2v) is 6.11. The Kier molecular flexibility index (Phi) is 7.90. The minimum absolute atomic E-state index is 0.0273. The second kappa shape index (κ2) is 10.6. The molecule has 0 fully saturated rings. The maximum Gasteiger partial charge on any atom is 0.306 e. The van der Waals surface area contributed by atoms with Crippen LogP contribution in [0.1, 0.15) is 36.5 Å². The molecule has 0 aromatic heterocycles. The lowest BCUT2D eigenvalue weighted by molar-refractivity contribution is -0.147. The molecule has 0 heterocycles. The molecule has 0 atom stereocenters. The Morgan fingerprint density at radius 1 is 0.821 bits per heavy atom. The van der Waals surface area contributed by atoms with E-state index >= 15 is 0 Å². The monoisotopic (exact) mass is 382 g/mol. The van der Waals surface area contributed by atoms with Gasteiger partial charge in [0.2, 0.25) is 5.91 Å². The molecule has 0 saturated heterocycles. The highest BCUT2D eigenvalue weighted by molar-refractivity contribution is 5.97. The molecule has 0 aliphatic rings. The summed E-state index contributed by atoms with van der Waals surface area (Å²) in [6, 6.07) is 15.5. The third-order valence-corrected chi connectivity index (χ3v) is 3.76. The summed E-state index contributed by atoms with van der Waals surface area (Å²) in [5, 5.41) is 5.29. The van der Waals surface area contributed by atoms with Crippen molar-refractivity contribution in [3.05, 3.63) is 60.2 Å². The fraction of sp³-hybridized carbons (Fsp3) is 0.238. The van der Waals surface area contributed by atoms with Crippen molar-refractivity contribution in [2.24, 2.45) is 0 Å². The van der Waals surface area contributed by atoms with Gasteiger partial charge in [0, 0.05) is 29.8 Å². The van der Waals surface area contributed by atoms with Crippen molar-refractivity contribution in [1.29, 1.82) is 0 Å². The summed E-state index contributed by atoms with van der Waals surface area (Å²) in [4.78, 5) is 46.7. The molecule has 7 heteroatoms. The van der Waals surface area contributed by atoms with Gasteiger partial charge in [0.15, 0.2) is 12.4 Å². The molecule has 0 saturated carbocycles. The van der Waals surface area contributed by atoms with Crippen molar-refractivity contribution in [2.45, 2.75) is 26.2 Å². The Balaban J connectivity index is 1.65. The Hall–Kier alpha value is -3.48. The summed E-state index contributed by atoms with van der Waals surface area (Å²) < 4.78 is 4.90. The molecule has 0 spiro atoms. The van der Waals surface area contributed by atoms with E-state index in [4.69, 9.17) is 4.74 Å². The Bertz CT molecular complexity index is 849. The average Bonchev–Trinajstić information content (AvgIpc) is 2.67. The molecular weight excluding hydrogens is 360 g/mol. The van der Waals surface area contributed by atoms with Gasteiger partial charge in [0.1, 0.15) is 0 Å². The van der Waals surface area contributed by atoms with Crippen LogP contribution in [0.3, 0.4) is 0 Å². The number of carbonyl (C=O) groups excluding carboxylic acids is 4. The van der Waals surface area contributed by atoms with Gasteiger partial charge < -0.3 is 15.4 Å². The van der Waals surface area contributed by atoms with Gasteiger partial charge in [0.25, 0.3) is 5.91 Å². The number of amides is 2. The number of benzene rings is 2. The summed E-state index contributed by atoms with van der Waals surface area (Å²) in [5.41, 5.74) is 1.65. The summed E-state index contributed by atoms with van der Waals surface area (Å²) in [6.45, 7) is 1.07. The van der Waals surface area contributed by atoms with Gasteiger partial charge in [-0.25, -0.2) is 0 Å². The molecular formula is C21H22N2O5. The van der Waals surface area contributed by atoms with Gasteiger partial charge in [-0.15, -0.1) is 0 Å². The van der Waals surface area contributed by atoms with E-state index in [1.165, 1.54) is 6.92 Å². The predicted molar refractivity (Wildman–Crippen MR) is 105 cm³/mol. The molecule has 2 rings (SSSR count). The van der Waals surface area contributed by atoms with E-state index in [1.54, 1.807) is 48.5 Å². The summed E-state index contributed by atoms with van der Waals surface area (Å²) in [5.74, 6) is -1.33. The minimum atomic E-state index is -0.547. The number of Topliss-reactive ketones (excluding diaryl/α,β-unsaturated/α-hetero) is 1. The SMILES string of the molecule is CC(=O)c1cccc(NC(=O)CCCC(=O)OCC(=O)Nc2ccccc2)c1. The highest BCUT2D eigenvalue weighted by atomic mass is 16.5. The third-order valence-electron chi connectivity index (χ3n) is 3.76. The van der Waals surface area contributed by atoms with Crippen LogP contribution in [0.25, 0.3) is 0 Å². The summed E-state index contributed by atoms with van der Waals surface area (Å²) in [7, 11) is 0. The van der Waals surface area contributed by atoms with Crippen molar-refractivity contribution in [2.75, 3.05) is 17.2 Å². The third kappa shape index (κ3) is 7.41. The maximum absolute atomic E-state index is 11.9. The lowest BCUT2D eigenvalue weighted by Crippen LogP contribution is -2.21. The van der Waals surface area contributed by atoms with Crippen LogP contribution in [0.5, 0.6) is 0 Å². The largest absolute Gasteiger partial charge is 0.456 e. The zero-order valence-corrected chi connectivity index (χ0v) is 15.6. The van der Waals surface area contributed by atoms with Gasteiger partial charge >= 0.3 is 5.97 Å². The van der Waals surface area contributed by atoms with Gasteiger partial charge in [-0.1, -0.05) is 30.3 Å². The van der Waals surface area contributed by atoms with Crippen LogP contribution in [0.15, 0.2) is 54.6 Å². The van der Waals surface area contributed by atoms with E-state index in [0.717, 1.165) is 0 Å². The van der Waals surface area contributed by atoms with Crippen LogP contribution >= 0.6 is 0 Å². The van der Waals surface area contributed by atoms with Gasteiger partial charge in [-0.3, -0.25) is 19.2 Å². The van der Waals surface area contributed by atoms with E-state index in [-0.39, 0.29) is 37.6 Å². The van der Waals surface area contributed by atoms with Crippen molar-refractivity contribution in [1.82, 2.24) is 0 Å². The van der Waals surface area contributed by atoms with Crippen LogP contribution in [-0.2, 0) is 19.1 Å². The van der Waals surface area contributed by atoms with E-state index in [9.17, 15) is 19.2 Å². The number of rotatable bonds is 9. The zero-order valence-electron chi connectivity index (χ0n) is 15.6. The molecule has 0 bridgehead atoms. The quantitative estimate of drug-likeness (QED) is 0.512. The number of nitrogens with one attached hydrogen (secondary N) is 2. The van der Waals surface area contributed by atoms with Gasteiger partial charge in [-0.2, -0.15) is 0 Å². The molecule has 0 radical (unpaired) electrons. The highest BCUT2D eigenvalue weighted by Crippen LogP contribution is 2.12. The molecule has 146 valence electrons. The predicted octanol–water partition coefficient (Wildman–Crippen LogP) is 3.18. The lowest BCUT2D eigenvalue weighted by Gasteiger charge is -2.07. The molecule has 0 aliphatic carbocycles. The van der Waals surface area contributed by atoms with Crippen molar-refractivity contribution in [3.8, 4) is 0 Å². The van der Waals surface area contributed by atoms with Crippen LogP contribution in [0.2, 0.25) is 0 Å². The van der Waals surface area contributed by atoms with E-state index in [2.05, 4.69) is 10.6 Å². The number of carbonyl (C=O) groups is 4. The van der Waals surface area contributed by atoms with Crippen LogP contribution in [0.4, 0.5) is 11.4 Å².